The van der Waals surface area contributed by atoms with Crippen molar-refractivity contribution in [3.05, 3.63) is 38.4 Å². The van der Waals surface area contributed by atoms with Crippen LogP contribution in [-0.4, -0.2) is 33.1 Å². The molecule has 1 aromatic carbocycles. The second-order valence-electron chi connectivity index (χ2n) is 5.60. The van der Waals surface area contributed by atoms with E-state index >= 15 is 0 Å². The van der Waals surface area contributed by atoms with Gasteiger partial charge in [-0.25, -0.2) is 0 Å². The van der Waals surface area contributed by atoms with E-state index in [0.29, 0.717) is 18.5 Å². The maximum absolute atomic E-state index is 11.2. The Kier molecular flexibility index (Phi) is 3.25. The Morgan fingerprint density at radius 3 is 2.24 bits per heavy atom. The third-order valence-electron chi connectivity index (χ3n) is 4.35. The summed E-state index contributed by atoms with van der Waals surface area (Å²) in [5.74, 6) is 0. The molecule has 2 fully saturated rings. The minimum atomic E-state index is -0.634. The number of fused-ring (bicyclic) bond motifs is 2. The van der Waals surface area contributed by atoms with Gasteiger partial charge in [-0.05, 0) is 31.7 Å². The van der Waals surface area contributed by atoms with Gasteiger partial charge in [-0.1, -0.05) is 0 Å². The molecule has 2 bridgehead atoms. The number of rotatable bonds is 3. The Labute approximate surface area is 120 Å². The zero-order valence-electron chi connectivity index (χ0n) is 11.2. The van der Waals surface area contributed by atoms with Gasteiger partial charge in [-0.3, -0.25) is 20.2 Å². The van der Waals surface area contributed by atoms with Crippen LogP contribution < -0.4 is 4.90 Å². The van der Waals surface area contributed by atoms with E-state index in [1.165, 1.54) is 12.1 Å². The van der Waals surface area contributed by atoms with Crippen LogP contribution in [0.2, 0.25) is 0 Å². The molecule has 2 saturated heterocycles. The molecule has 1 N–H and O–H groups in total. The van der Waals surface area contributed by atoms with Crippen LogP contribution in [0.25, 0.3) is 0 Å². The first-order chi connectivity index (χ1) is 9.97. The van der Waals surface area contributed by atoms with Gasteiger partial charge in [0.1, 0.15) is 5.69 Å². The molecule has 2 atom stereocenters. The van der Waals surface area contributed by atoms with E-state index in [9.17, 15) is 25.3 Å². The van der Waals surface area contributed by atoms with Crippen LogP contribution in [0.5, 0.6) is 0 Å². The van der Waals surface area contributed by atoms with Gasteiger partial charge in [0.15, 0.2) is 0 Å². The lowest BCUT2D eigenvalue weighted by Gasteiger charge is -2.38. The highest BCUT2D eigenvalue weighted by Gasteiger charge is 2.42. The predicted octanol–water partition coefficient (Wildman–Crippen LogP) is 2.00. The number of hydrogen-bond acceptors (Lipinski definition) is 6. The van der Waals surface area contributed by atoms with Crippen LogP contribution in [0, 0.1) is 20.2 Å². The molecule has 8 nitrogen and oxygen atoms in total. The Hall–Kier alpha value is -2.22. The van der Waals surface area contributed by atoms with E-state index in [1.54, 1.807) is 0 Å². The average Bonchev–Trinajstić information content (AvgIpc) is 2.69. The largest absolute Gasteiger partial charge is 0.393 e. The van der Waals surface area contributed by atoms with Crippen molar-refractivity contribution in [1.29, 1.82) is 0 Å². The number of benzene rings is 1. The van der Waals surface area contributed by atoms with E-state index in [1.807, 2.05) is 4.90 Å². The zero-order chi connectivity index (χ0) is 15.1. The molecular formula is C13H15N3O5. The van der Waals surface area contributed by atoms with E-state index < -0.39 is 9.85 Å². The van der Waals surface area contributed by atoms with Gasteiger partial charge in [0.05, 0.1) is 22.0 Å². The average molecular weight is 293 g/mol. The van der Waals surface area contributed by atoms with Gasteiger partial charge in [0, 0.05) is 18.2 Å². The molecular weight excluding hydrogens is 278 g/mol. The third kappa shape index (κ3) is 2.31. The number of anilines is 1. The normalized spacial score (nSPS) is 27.7. The van der Waals surface area contributed by atoms with Gasteiger partial charge in [0.2, 0.25) is 0 Å². The highest BCUT2D eigenvalue weighted by Crippen LogP contribution is 2.43. The summed E-state index contributed by atoms with van der Waals surface area (Å²) in [5, 5.41) is 31.8. The Morgan fingerprint density at radius 2 is 1.71 bits per heavy atom. The smallest absolute Gasteiger partial charge is 0.299 e. The lowest BCUT2D eigenvalue weighted by atomic mass is 9.98. The molecule has 2 aliphatic heterocycles. The van der Waals surface area contributed by atoms with Gasteiger partial charge in [0.25, 0.3) is 11.4 Å². The standard InChI is InChI=1S/C13H15N3O5/c17-11-5-8-1-2-9(6-11)14(8)12-4-3-10(15(18)19)7-13(12)16(20)21/h3-4,7-9,11,17H,1-2,5-6H2. The minimum Gasteiger partial charge on any atom is -0.393 e. The maximum atomic E-state index is 11.2. The summed E-state index contributed by atoms with van der Waals surface area (Å²) in [6.07, 6.45) is 2.58. The second-order valence-corrected chi connectivity index (χ2v) is 5.60. The fourth-order valence-corrected chi connectivity index (χ4v) is 3.53. The summed E-state index contributed by atoms with van der Waals surface area (Å²) < 4.78 is 0. The quantitative estimate of drug-likeness (QED) is 0.674. The molecule has 112 valence electrons. The molecule has 8 heteroatoms. The fourth-order valence-electron chi connectivity index (χ4n) is 3.53. The summed E-state index contributed by atoms with van der Waals surface area (Å²) in [6.45, 7) is 0. The van der Waals surface area contributed by atoms with Crippen LogP contribution >= 0.6 is 0 Å². The molecule has 0 radical (unpaired) electrons. The molecule has 0 saturated carbocycles. The number of non-ortho nitro benzene ring substituents is 1. The number of nitro benzene ring substituents is 2. The van der Waals surface area contributed by atoms with Crippen LogP contribution in [0.4, 0.5) is 17.1 Å². The number of aliphatic hydroxyl groups is 1. The third-order valence-corrected chi connectivity index (χ3v) is 4.35. The highest BCUT2D eigenvalue weighted by molar-refractivity contribution is 5.68. The van der Waals surface area contributed by atoms with Gasteiger partial charge >= 0.3 is 0 Å². The summed E-state index contributed by atoms with van der Waals surface area (Å²) in [4.78, 5) is 22.8. The highest BCUT2D eigenvalue weighted by atomic mass is 16.6. The van der Waals surface area contributed by atoms with E-state index in [2.05, 4.69) is 0 Å². The molecule has 2 aliphatic rings. The Bertz CT molecular complexity index is 591. The molecule has 0 amide bonds. The fraction of sp³-hybridized carbons (Fsp3) is 0.538. The van der Waals surface area contributed by atoms with Crippen molar-refractivity contribution in [3.8, 4) is 0 Å². The zero-order valence-corrected chi connectivity index (χ0v) is 11.2. The number of aliphatic hydroxyl groups excluding tert-OH is 1. The molecule has 0 spiro atoms. The Morgan fingerprint density at radius 1 is 1.10 bits per heavy atom. The van der Waals surface area contributed by atoms with Crippen LogP contribution in [-0.2, 0) is 0 Å². The number of nitrogens with zero attached hydrogens (tertiary/aromatic N) is 3. The van der Waals surface area contributed by atoms with Gasteiger partial charge in [-0.2, -0.15) is 0 Å². The van der Waals surface area contributed by atoms with Crippen molar-refractivity contribution in [3.63, 3.8) is 0 Å². The van der Waals surface area contributed by atoms with Crippen LogP contribution in [0.1, 0.15) is 25.7 Å². The first-order valence-electron chi connectivity index (χ1n) is 6.86. The van der Waals surface area contributed by atoms with E-state index in [4.69, 9.17) is 0 Å². The molecule has 1 aromatic rings. The monoisotopic (exact) mass is 293 g/mol. The molecule has 0 aliphatic carbocycles. The summed E-state index contributed by atoms with van der Waals surface area (Å²) >= 11 is 0. The van der Waals surface area contributed by atoms with E-state index in [-0.39, 0.29) is 29.6 Å². The van der Waals surface area contributed by atoms with Crippen molar-refractivity contribution in [2.75, 3.05) is 4.90 Å². The maximum Gasteiger partial charge on any atom is 0.299 e. The number of hydrogen-bond donors (Lipinski definition) is 1. The molecule has 2 heterocycles. The molecule has 3 rings (SSSR count). The SMILES string of the molecule is O=[N+]([O-])c1ccc(N2C3CCC2CC(O)C3)c([N+](=O)[O-])c1. The van der Waals surface area contributed by atoms with Crippen LogP contribution in [0.15, 0.2) is 18.2 Å². The topological polar surface area (TPSA) is 110 Å². The first-order valence-corrected chi connectivity index (χ1v) is 6.86. The molecule has 21 heavy (non-hydrogen) atoms. The van der Waals surface area contributed by atoms with Crippen LogP contribution in [0.3, 0.4) is 0 Å². The van der Waals surface area contributed by atoms with Gasteiger partial charge < -0.3 is 10.0 Å². The molecule has 2 unspecified atom stereocenters. The summed E-state index contributed by atoms with van der Waals surface area (Å²) in [7, 11) is 0. The Balaban J connectivity index is 2.02. The van der Waals surface area contributed by atoms with Gasteiger partial charge in [-0.15, -0.1) is 0 Å². The van der Waals surface area contributed by atoms with Crippen molar-refractivity contribution in [1.82, 2.24) is 0 Å². The van der Waals surface area contributed by atoms with Crippen molar-refractivity contribution in [2.45, 2.75) is 43.9 Å². The lowest BCUT2D eigenvalue weighted by Crippen LogP contribution is -2.45. The number of piperidine rings is 1. The lowest BCUT2D eigenvalue weighted by molar-refractivity contribution is -0.393. The first kappa shape index (κ1) is 13.7. The summed E-state index contributed by atoms with van der Waals surface area (Å²) in [6, 6.07) is 3.91. The van der Waals surface area contributed by atoms with Crippen molar-refractivity contribution in [2.24, 2.45) is 0 Å². The van der Waals surface area contributed by atoms with Crippen molar-refractivity contribution < 1.29 is 15.0 Å². The predicted molar refractivity (Wildman–Crippen MR) is 74.3 cm³/mol. The van der Waals surface area contributed by atoms with Crippen molar-refractivity contribution >= 4 is 17.1 Å². The second kappa shape index (κ2) is 4.96. The van der Waals surface area contributed by atoms with E-state index in [0.717, 1.165) is 18.9 Å². The molecule has 0 aromatic heterocycles. The summed E-state index contributed by atoms with van der Waals surface area (Å²) in [5.41, 5.74) is -0.0997. The number of nitro groups is 2. The minimum absolute atomic E-state index is 0.0684.